The second-order valence-corrected chi connectivity index (χ2v) is 13.0. The van der Waals surface area contributed by atoms with Gasteiger partial charge in [0.05, 0.1) is 34.4 Å². The van der Waals surface area contributed by atoms with Crippen LogP contribution in [0.4, 0.5) is 0 Å². The van der Waals surface area contributed by atoms with Crippen molar-refractivity contribution in [1.82, 2.24) is 0 Å². The average molecular weight is 525 g/mol. The highest BCUT2D eigenvalue weighted by Gasteiger charge is 2.38. The molecule has 0 saturated carbocycles. The Hall–Kier alpha value is -0.0100. The van der Waals surface area contributed by atoms with E-state index in [1.807, 2.05) is 21.1 Å². The number of methoxy groups -OCH3 is 1. The summed E-state index contributed by atoms with van der Waals surface area (Å²) in [6.45, 7) is 2.68. The summed E-state index contributed by atoms with van der Waals surface area (Å²) in [5, 5.41) is 9.20. The summed E-state index contributed by atoms with van der Waals surface area (Å²) >= 11 is 0. The normalized spacial score (nSPS) is 15.7. The van der Waals surface area contributed by atoms with Crippen LogP contribution in [-0.2, 0) is 18.6 Å². The van der Waals surface area contributed by atoms with E-state index in [1.54, 1.807) is 0 Å². The highest BCUT2D eigenvalue weighted by molar-refractivity contribution is 7.53. The molecule has 0 rings (SSSR count). The summed E-state index contributed by atoms with van der Waals surface area (Å²) < 4.78 is 29.4. The smallest absolute Gasteiger partial charge is 0.362 e. The van der Waals surface area contributed by atoms with Gasteiger partial charge in [-0.3, -0.25) is 4.57 Å². The molecular weight excluding hydrogens is 465 g/mol. The fourth-order valence-corrected chi connectivity index (χ4v) is 5.59. The number of rotatable bonds is 26. The molecule has 7 nitrogen and oxygen atoms in total. The summed E-state index contributed by atoms with van der Waals surface area (Å²) in [6.07, 6.45) is 20.3. The van der Waals surface area contributed by atoms with Crippen LogP contribution < -0.4 is 0 Å². The molecule has 8 heteroatoms. The topological polar surface area (TPSA) is 85.2 Å². The van der Waals surface area contributed by atoms with E-state index in [0.29, 0.717) is 17.6 Å². The van der Waals surface area contributed by atoms with Crippen LogP contribution in [0, 0.1) is 0 Å². The molecule has 0 radical (unpaired) electrons. The molecule has 0 saturated heterocycles. The Morgan fingerprint density at radius 3 is 1.57 bits per heavy atom. The molecule has 35 heavy (non-hydrogen) atoms. The number of nitrogens with zero attached hydrogens (tertiary/aromatic N) is 1. The third-order valence-corrected chi connectivity index (χ3v) is 7.92. The number of unbranched alkanes of at least 4 members (excludes halogenated alkanes) is 15. The van der Waals surface area contributed by atoms with E-state index in [-0.39, 0.29) is 13.2 Å². The Bertz CT molecular complexity index is 510. The van der Waals surface area contributed by atoms with Crippen LogP contribution in [0.1, 0.15) is 110 Å². The molecule has 0 aromatic heterocycles. The monoisotopic (exact) mass is 524 g/mol. The molecule has 0 fully saturated rings. The summed E-state index contributed by atoms with van der Waals surface area (Å²) in [7, 11) is 3.30. The highest BCUT2D eigenvalue weighted by atomic mass is 31.2. The molecule has 3 unspecified atom stereocenters. The van der Waals surface area contributed by atoms with Crippen molar-refractivity contribution >= 4 is 7.60 Å². The van der Waals surface area contributed by atoms with E-state index < -0.39 is 19.5 Å². The predicted molar refractivity (Wildman–Crippen MR) is 146 cm³/mol. The molecule has 3 atom stereocenters. The van der Waals surface area contributed by atoms with Gasteiger partial charge in [0, 0.05) is 13.7 Å². The Labute approximate surface area is 217 Å². The largest absolute Gasteiger partial charge is 0.394 e. The second-order valence-electron chi connectivity index (χ2n) is 11.0. The van der Waals surface area contributed by atoms with Gasteiger partial charge in [0.25, 0.3) is 0 Å². The maximum absolute atomic E-state index is 12.8. The van der Waals surface area contributed by atoms with E-state index in [0.717, 1.165) is 12.8 Å². The van der Waals surface area contributed by atoms with E-state index in [9.17, 15) is 14.6 Å². The first-order valence-electron chi connectivity index (χ1n) is 14.2. The zero-order valence-corrected chi connectivity index (χ0v) is 24.6. The summed E-state index contributed by atoms with van der Waals surface area (Å²) in [4.78, 5) is 10.5. The molecule has 212 valence electrons. The first-order chi connectivity index (χ1) is 16.7. The average Bonchev–Trinajstić information content (AvgIpc) is 2.80. The molecule has 0 aromatic rings. The molecule has 0 spiro atoms. The summed E-state index contributed by atoms with van der Waals surface area (Å²) in [6, 6.07) is 0. The lowest BCUT2D eigenvalue weighted by atomic mass is 10.0. The van der Waals surface area contributed by atoms with Crippen molar-refractivity contribution in [1.29, 1.82) is 0 Å². The van der Waals surface area contributed by atoms with Crippen molar-refractivity contribution in [2.75, 3.05) is 54.6 Å². The molecule has 2 N–H and O–H groups in total. The number of likely N-dealkylation sites (N-methyl/N-ethyl adjacent to an activating group) is 1. The fraction of sp³-hybridized carbons (Fsp3) is 1.00. The van der Waals surface area contributed by atoms with Gasteiger partial charge in [-0.05, 0) is 6.42 Å². The number of hydrogen-bond donors (Lipinski definition) is 2. The van der Waals surface area contributed by atoms with Crippen LogP contribution in [0.15, 0.2) is 0 Å². The van der Waals surface area contributed by atoms with Crippen molar-refractivity contribution in [3.05, 3.63) is 0 Å². The van der Waals surface area contributed by atoms with Crippen LogP contribution >= 0.6 is 7.60 Å². The molecule has 0 bridgehead atoms. The lowest BCUT2D eigenvalue weighted by molar-refractivity contribution is -0.872. The van der Waals surface area contributed by atoms with Crippen LogP contribution in [0.5, 0.6) is 0 Å². The first kappa shape index (κ1) is 35.0. The molecular formula is C27H59NO6P+. The standard InChI is InChI=1S/C27H58NO6P/c1-6-7-8-9-10-11-12-13-14-15-16-17-18-19-20-21-22-33-27(23-28(2,3)4)35(30,31)34-25-26(24-29)32-5/h26-27,29H,6-25H2,1-5H3/p+1. The molecule has 0 aliphatic heterocycles. The number of hydrogen-bond acceptors (Lipinski definition) is 5. The van der Waals surface area contributed by atoms with E-state index >= 15 is 0 Å². The van der Waals surface area contributed by atoms with E-state index in [1.165, 1.54) is 97.0 Å². The maximum Gasteiger partial charge on any atom is 0.362 e. The molecule has 0 heterocycles. The number of ether oxygens (including phenoxy) is 2. The zero-order valence-electron chi connectivity index (χ0n) is 23.7. The zero-order chi connectivity index (χ0) is 26.4. The second kappa shape index (κ2) is 22.0. The van der Waals surface area contributed by atoms with Crippen molar-refractivity contribution in [2.24, 2.45) is 0 Å². The first-order valence-corrected chi connectivity index (χ1v) is 15.8. The van der Waals surface area contributed by atoms with Crippen molar-refractivity contribution in [3.63, 3.8) is 0 Å². The Kier molecular flexibility index (Phi) is 22.0. The van der Waals surface area contributed by atoms with Crippen molar-refractivity contribution in [2.45, 2.75) is 122 Å². The van der Waals surface area contributed by atoms with E-state index in [2.05, 4.69) is 6.92 Å². The minimum atomic E-state index is -4.00. The van der Waals surface area contributed by atoms with Gasteiger partial charge in [0.1, 0.15) is 12.6 Å². The third kappa shape index (κ3) is 21.8. The van der Waals surface area contributed by atoms with Crippen molar-refractivity contribution in [3.8, 4) is 0 Å². The van der Waals surface area contributed by atoms with Gasteiger partial charge in [0.15, 0.2) is 0 Å². The maximum atomic E-state index is 12.8. The number of quaternary nitrogens is 1. The third-order valence-electron chi connectivity index (χ3n) is 6.36. The molecule has 0 aromatic carbocycles. The summed E-state index contributed by atoms with van der Waals surface area (Å²) in [5.74, 6) is -0.893. The Balaban J connectivity index is 3.89. The van der Waals surface area contributed by atoms with Gasteiger partial charge >= 0.3 is 7.60 Å². The Morgan fingerprint density at radius 1 is 0.771 bits per heavy atom. The van der Waals surface area contributed by atoms with Crippen LogP contribution in [0.3, 0.4) is 0 Å². The lowest BCUT2D eigenvalue weighted by Gasteiger charge is -2.31. The lowest BCUT2D eigenvalue weighted by Crippen LogP contribution is -2.42. The van der Waals surface area contributed by atoms with Gasteiger partial charge in [-0.2, -0.15) is 0 Å². The van der Waals surface area contributed by atoms with Crippen molar-refractivity contribution < 1.29 is 33.0 Å². The summed E-state index contributed by atoms with van der Waals surface area (Å²) in [5.41, 5.74) is 0. The van der Waals surface area contributed by atoms with Crippen LogP contribution in [0.2, 0.25) is 0 Å². The SMILES string of the molecule is CCCCCCCCCCCCCCCCCCOC(C[N+](C)(C)C)P(=O)(O)OCC(CO)OC. The number of aliphatic hydroxyl groups is 1. The van der Waals surface area contributed by atoms with Crippen LogP contribution in [-0.4, -0.2) is 81.1 Å². The minimum Gasteiger partial charge on any atom is -0.394 e. The van der Waals surface area contributed by atoms with Gasteiger partial charge in [-0.25, -0.2) is 0 Å². The van der Waals surface area contributed by atoms with Gasteiger partial charge in [0.2, 0.25) is 5.85 Å². The van der Waals surface area contributed by atoms with Gasteiger partial charge in [-0.1, -0.05) is 103 Å². The fourth-order valence-electron chi connectivity index (χ4n) is 4.06. The highest BCUT2D eigenvalue weighted by Crippen LogP contribution is 2.48. The molecule has 0 aliphatic carbocycles. The predicted octanol–water partition coefficient (Wildman–Crippen LogP) is 6.51. The molecule has 0 amide bonds. The van der Waals surface area contributed by atoms with Crippen LogP contribution in [0.25, 0.3) is 0 Å². The minimum absolute atomic E-state index is 0.142. The van der Waals surface area contributed by atoms with Gasteiger partial charge < -0.3 is 28.5 Å². The quantitative estimate of drug-likeness (QED) is 0.0763. The number of aliphatic hydroxyl groups excluding tert-OH is 1. The Morgan fingerprint density at radius 2 is 1.20 bits per heavy atom. The molecule has 0 aliphatic rings. The van der Waals surface area contributed by atoms with Gasteiger partial charge in [-0.15, -0.1) is 0 Å². The van der Waals surface area contributed by atoms with E-state index in [4.69, 9.17) is 14.0 Å².